The van der Waals surface area contributed by atoms with Crippen molar-refractivity contribution >= 4 is 45.0 Å². The monoisotopic (exact) mass is 421 g/mol. The zero-order chi connectivity index (χ0) is 17.8. The topological polar surface area (TPSA) is 61.4 Å². The number of benzene rings is 2. The first-order chi connectivity index (χ1) is 12.0. The minimum Gasteiger partial charge on any atom is -0.325 e. The third-order valence-corrected chi connectivity index (χ3v) is 4.78. The van der Waals surface area contributed by atoms with Gasteiger partial charge < -0.3 is 10.2 Å². The summed E-state index contributed by atoms with van der Waals surface area (Å²) in [5.41, 5.74) is 1.71. The predicted octanol–water partition coefficient (Wildman–Crippen LogP) is 3.56. The van der Waals surface area contributed by atoms with E-state index in [9.17, 15) is 9.59 Å². The number of hydrogen-bond donors (Lipinski definition) is 2. The van der Waals surface area contributed by atoms with Crippen LogP contribution in [0.2, 0.25) is 5.02 Å². The lowest BCUT2D eigenvalue weighted by Gasteiger charge is -2.32. The summed E-state index contributed by atoms with van der Waals surface area (Å²) in [5, 5.41) is 6.74. The molecule has 1 heterocycles. The molecule has 1 saturated heterocycles. The zero-order valence-corrected chi connectivity index (χ0v) is 15.7. The molecular formula is C18H17BrClN3O2. The van der Waals surface area contributed by atoms with Crippen molar-refractivity contribution in [1.29, 1.82) is 0 Å². The third-order valence-electron chi connectivity index (χ3n) is 3.99. The average molecular weight is 423 g/mol. The zero-order valence-electron chi connectivity index (χ0n) is 13.3. The molecule has 2 aromatic carbocycles. The molecule has 5 nitrogen and oxygen atoms in total. The van der Waals surface area contributed by atoms with Gasteiger partial charge in [-0.1, -0.05) is 39.7 Å². The first-order valence-electron chi connectivity index (χ1n) is 7.83. The predicted molar refractivity (Wildman–Crippen MR) is 101 cm³/mol. The lowest BCUT2D eigenvalue weighted by molar-refractivity contribution is -0.138. The average Bonchev–Trinajstić information content (AvgIpc) is 2.59. The molecule has 25 heavy (non-hydrogen) atoms. The van der Waals surface area contributed by atoms with Gasteiger partial charge in [0.15, 0.2) is 0 Å². The Kier molecular flexibility index (Phi) is 5.73. The molecule has 0 aromatic heterocycles. The minimum atomic E-state index is -0.220. The second-order valence-electron chi connectivity index (χ2n) is 5.82. The fourth-order valence-corrected chi connectivity index (χ4v) is 3.06. The van der Waals surface area contributed by atoms with Gasteiger partial charge in [0.2, 0.25) is 11.8 Å². The Balaban J connectivity index is 1.54. The van der Waals surface area contributed by atoms with Crippen molar-refractivity contribution in [2.45, 2.75) is 12.5 Å². The molecule has 1 fully saturated rings. The number of hydrogen-bond acceptors (Lipinski definition) is 3. The van der Waals surface area contributed by atoms with Gasteiger partial charge in [0, 0.05) is 27.6 Å². The third kappa shape index (κ3) is 4.81. The largest absolute Gasteiger partial charge is 0.325 e. The molecule has 7 heteroatoms. The van der Waals surface area contributed by atoms with Gasteiger partial charge in [-0.2, -0.15) is 0 Å². The number of anilines is 1. The molecule has 2 amide bonds. The summed E-state index contributed by atoms with van der Waals surface area (Å²) in [6, 6.07) is 14.7. The second kappa shape index (κ2) is 7.99. The first-order valence-corrected chi connectivity index (χ1v) is 9.00. The number of halogens is 2. The van der Waals surface area contributed by atoms with Crippen LogP contribution in [0.4, 0.5) is 5.69 Å². The van der Waals surface area contributed by atoms with Crippen LogP contribution in [-0.2, 0) is 9.59 Å². The maximum absolute atomic E-state index is 12.4. The maximum atomic E-state index is 12.4. The number of carbonyl (C=O) groups is 2. The summed E-state index contributed by atoms with van der Waals surface area (Å²) in [6.07, 6.45) is 0.313. The quantitative estimate of drug-likeness (QED) is 0.792. The number of rotatable bonds is 4. The Labute approximate surface area is 159 Å². The van der Waals surface area contributed by atoms with E-state index in [1.54, 1.807) is 24.3 Å². The van der Waals surface area contributed by atoms with Crippen LogP contribution in [0.3, 0.4) is 0 Å². The Morgan fingerprint density at radius 2 is 1.88 bits per heavy atom. The van der Waals surface area contributed by atoms with E-state index in [0.29, 0.717) is 23.8 Å². The van der Waals surface area contributed by atoms with Crippen molar-refractivity contribution in [2.75, 3.05) is 18.5 Å². The van der Waals surface area contributed by atoms with Crippen LogP contribution < -0.4 is 10.6 Å². The second-order valence-corrected chi connectivity index (χ2v) is 7.17. The van der Waals surface area contributed by atoms with Crippen LogP contribution in [0.5, 0.6) is 0 Å². The molecule has 0 radical (unpaired) electrons. The van der Waals surface area contributed by atoms with E-state index >= 15 is 0 Å². The molecule has 0 saturated carbocycles. The number of nitrogens with one attached hydrogen (secondary N) is 2. The maximum Gasteiger partial charge on any atom is 0.244 e. The number of amides is 2. The lowest BCUT2D eigenvalue weighted by Crippen LogP contribution is -2.49. The molecule has 1 aliphatic rings. The van der Waals surface area contributed by atoms with Gasteiger partial charge >= 0.3 is 0 Å². The van der Waals surface area contributed by atoms with Crippen molar-refractivity contribution in [3.63, 3.8) is 0 Å². The summed E-state index contributed by atoms with van der Waals surface area (Å²) < 4.78 is 0.939. The van der Waals surface area contributed by atoms with Crippen LogP contribution in [0.25, 0.3) is 0 Å². The van der Waals surface area contributed by atoms with E-state index in [2.05, 4.69) is 26.6 Å². The van der Waals surface area contributed by atoms with Crippen molar-refractivity contribution in [3.05, 3.63) is 63.6 Å². The molecule has 130 valence electrons. The van der Waals surface area contributed by atoms with Crippen LogP contribution in [-0.4, -0.2) is 29.9 Å². The number of nitrogens with zero attached hydrogens (tertiary/aromatic N) is 1. The SMILES string of the molecule is O=C(CN1CNC(c2ccc(Cl)cc2)CC1=O)Nc1ccc(Br)cc1. The van der Waals surface area contributed by atoms with Gasteiger partial charge in [-0.25, -0.2) is 0 Å². The Morgan fingerprint density at radius 1 is 1.20 bits per heavy atom. The Hall–Kier alpha value is -1.89. The molecular weight excluding hydrogens is 406 g/mol. The van der Waals surface area contributed by atoms with Crippen LogP contribution in [0.1, 0.15) is 18.0 Å². The van der Waals surface area contributed by atoms with Gasteiger partial charge in [-0.3, -0.25) is 14.9 Å². The fourth-order valence-electron chi connectivity index (χ4n) is 2.67. The minimum absolute atomic E-state index is 0.0231. The van der Waals surface area contributed by atoms with E-state index in [0.717, 1.165) is 10.0 Å². The molecule has 0 aliphatic carbocycles. The normalized spacial score (nSPS) is 17.4. The van der Waals surface area contributed by atoms with Gasteiger partial charge in [0.25, 0.3) is 0 Å². The summed E-state index contributed by atoms with van der Waals surface area (Å²) in [4.78, 5) is 26.0. The molecule has 1 atom stereocenters. The fraction of sp³-hybridized carbons (Fsp3) is 0.222. The standard InChI is InChI=1S/C18H17BrClN3O2/c19-13-3-7-15(8-4-13)22-17(24)10-23-11-21-16(9-18(23)25)12-1-5-14(20)6-2-12/h1-8,16,21H,9-11H2,(H,22,24). The van der Waals surface area contributed by atoms with E-state index in [1.807, 2.05) is 24.3 Å². The molecule has 2 aromatic rings. The van der Waals surface area contributed by atoms with Gasteiger partial charge in [0.1, 0.15) is 6.54 Å². The highest BCUT2D eigenvalue weighted by molar-refractivity contribution is 9.10. The van der Waals surface area contributed by atoms with Crippen LogP contribution >= 0.6 is 27.5 Å². The molecule has 1 unspecified atom stereocenters. The van der Waals surface area contributed by atoms with E-state index in [1.165, 1.54) is 4.90 Å². The molecule has 3 rings (SSSR count). The van der Waals surface area contributed by atoms with Crippen molar-refractivity contribution in [2.24, 2.45) is 0 Å². The summed E-state index contributed by atoms with van der Waals surface area (Å²) >= 11 is 9.24. The van der Waals surface area contributed by atoms with Crippen molar-refractivity contribution in [3.8, 4) is 0 Å². The summed E-state index contributed by atoms with van der Waals surface area (Å²) in [6.45, 7) is 0.356. The highest BCUT2D eigenvalue weighted by Gasteiger charge is 2.27. The molecule has 0 bridgehead atoms. The molecule has 1 aliphatic heterocycles. The van der Waals surface area contributed by atoms with Gasteiger partial charge in [0.05, 0.1) is 6.67 Å². The van der Waals surface area contributed by atoms with Gasteiger partial charge in [-0.05, 0) is 42.0 Å². The summed E-state index contributed by atoms with van der Waals surface area (Å²) in [7, 11) is 0. The van der Waals surface area contributed by atoms with E-state index in [-0.39, 0.29) is 24.4 Å². The van der Waals surface area contributed by atoms with E-state index in [4.69, 9.17) is 11.6 Å². The highest BCUT2D eigenvalue weighted by atomic mass is 79.9. The Morgan fingerprint density at radius 3 is 2.52 bits per heavy atom. The van der Waals surface area contributed by atoms with E-state index < -0.39 is 0 Å². The van der Waals surface area contributed by atoms with Gasteiger partial charge in [-0.15, -0.1) is 0 Å². The smallest absolute Gasteiger partial charge is 0.244 e. The molecule has 0 spiro atoms. The van der Waals surface area contributed by atoms with Crippen molar-refractivity contribution < 1.29 is 9.59 Å². The lowest BCUT2D eigenvalue weighted by atomic mass is 10.0. The van der Waals surface area contributed by atoms with Crippen LogP contribution in [0.15, 0.2) is 53.0 Å². The first kappa shape index (κ1) is 17.9. The van der Waals surface area contributed by atoms with Crippen molar-refractivity contribution in [1.82, 2.24) is 10.2 Å². The summed E-state index contributed by atoms with van der Waals surface area (Å²) in [5.74, 6) is -0.271. The number of carbonyl (C=O) groups excluding carboxylic acids is 2. The highest BCUT2D eigenvalue weighted by Crippen LogP contribution is 2.23. The molecule has 2 N–H and O–H groups in total. The Bertz CT molecular complexity index is 765. The van der Waals surface area contributed by atoms with Crippen LogP contribution in [0, 0.1) is 0 Å².